The average Bonchev–Trinajstić information content (AvgIpc) is 2.22. The van der Waals surface area contributed by atoms with E-state index in [2.05, 4.69) is 6.92 Å². The molecule has 90 valence electrons. The van der Waals surface area contributed by atoms with Gasteiger partial charge in [0.25, 0.3) is 0 Å². The Morgan fingerprint density at radius 1 is 1.33 bits per heavy atom. The van der Waals surface area contributed by atoms with Gasteiger partial charge >= 0.3 is 0 Å². The van der Waals surface area contributed by atoms with Crippen molar-refractivity contribution in [3.8, 4) is 0 Å². The minimum Gasteiger partial charge on any atom is -0.394 e. The van der Waals surface area contributed by atoms with Crippen LogP contribution < -0.4 is 5.73 Å². The molecule has 0 aliphatic heterocycles. The lowest BCUT2D eigenvalue weighted by atomic mass is 9.80. The number of aliphatic hydroxyl groups excluding tert-OH is 1. The number of rotatable bonds is 8. The second kappa shape index (κ2) is 6.96. The molecule has 0 aromatic carbocycles. The Morgan fingerprint density at radius 2 is 1.93 bits per heavy atom. The van der Waals surface area contributed by atoms with Gasteiger partial charge < -0.3 is 10.8 Å². The molecular formula is C12H25NO2. The Labute approximate surface area is 93.0 Å². The molecule has 0 aromatic rings. The maximum atomic E-state index is 11.8. The molecule has 0 bridgehead atoms. The smallest absolute Gasteiger partial charge is 0.157 e. The van der Waals surface area contributed by atoms with E-state index in [9.17, 15) is 4.79 Å². The maximum absolute atomic E-state index is 11.8. The van der Waals surface area contributed by atoms with E-state index in [4.69, 9.17) is 10.8 Å². The van der Waals surface area contributed by atoms with Crippen LogP contribution >= 0.6 is 0 Å². The molecule has 15 heavy (non-hydrogen) atoms. The van der Waals surface area contributed by atoms with Gasteiger partial charge in [-0.1, -0.05) is 46.5 Å². The van der Waals surface area contributed by atoms with E-state index >= 15 is 0 Å². The summed E-state index contributed by atoms with van der Waals surface area (Å²) in [5.74, 6) is -0.0264. The van der Waals surface area contributed by atoms with Crippen molar-refractivity contribution in [2.45, 2.75) is 58.9 Å². The number of aliphatic hydroxyl groups is 1. The van der Waals surface area contributed by atoms with Gasteiger partial charge in [0, 0.05) is 5.41 Å². The minimum absolute atomic E-state index is 0.0264. The van der Waals surface area contributed by atoms with Crippen LogP contribution in [0.1, 0.15) is 52.9 Å². The zero-order chi connectivity index (χ0) is 11.9. The highest BCUT2D eigenvalue weighted by Gasteiger charge is 2.30. The maximum Gasteiger partial charge on any atom is 0.157 e. The van der Waals surface area contributed by atoms with Crippen molar-refractivity contribution >= 4 is 5.78 Å². The normalized spacial score (nSPS) is 13.9. The summed E-state index contributed by atoms with van der Waals surface area (Å²) in [6, 6.07) is -0.717. The molecular weight excluding hydrogens is 190 g/mol. The molecule has 3 nitrogen and oxygen atoms in total. The van der Waals surface area contributed by atoms with Gasteiger partial charge in [0.1, 0.15) is 0 Å². The van der Waals surface area contributed by atoms with Crippen molar-refractivity contribution in [2.75, 3.05) is 6.61 Å². The fraction of sp³-hybridized carbons (Fsp3) is 0.917. The molecule has 1 atom stereocenters. The molecule has 0 aliphatic carbocycles. The van der Waals surface area contributed by atoms with E-state index in [1.165, 1.54) is 19.3 Å². The average molecular weight is 215 g/mol. The lowest BCUT2D eigenvalue weighted by molar-refractivity contribution is -0.129. The molecule has 0 amide bonds. The first-order chi connectivity index (χ1) is 6.95. The van der Waals surface area contributed by atoms with Gasteiger partial charge in [-0.05, 0) is 6.42 Å². The van der Waals surface area contributed by atoms with Crippen LogP contribution in [-0.2, 0) is 4.79 Å². The number of ketones is 1. The number of carbonyl (C=O) groups is 1. The van der Waals surface area contributed by atoms with E-state index in [1.54, 1.807) is 0 Å². The minimum atomic E-state index is -0.717. The Bertz CT molecular complexity index is 190. The fourth-order valence-electron chi connectivity index (χ4n) is 1.70. The van der Waals surface area contributed by atoms with Crippen LogP contribution in [0.25, 0.3) is 0 Å². The Balaban J connectivity index is 3.99. The van der Waals surface area contributed by atoms with Crippen LogP contribution in [0.3, 0.4) is 0 Å². The van der Waals surface area contributed by atoms with Crippen LogP contribution in [0, 0.1) is 5.41 Å². The predicted molar refractivity (Wildman–Crippen MR) is 62.6 cm³/mol. The molecule has 0 saturated carbocycles. The van der Waals surface area contributed by atoms with Gasteiger partial charge in [-0.2, -0.15) is 0 Å². The van der Waals surface area contributed by atoms with Gasteiger partial charge in [-0.3, -0.25) is 4.79 Å². The van der Waals surface area contributed by atoms with Gasteiger partial charge in [0.05, 0.1) is 12.6 Å². The molecule has 0 aromatic heterocycles. The third kappa shape index (κ3) is 5.28. The van der Waals surface area contributed by atoms with Crippen molar-refractivity contribution in [1.29, 1.82) is 0 Å². The molecule has 3 N–H and O–H groups in total. The summed E-state index contributed by atoms with van der Waals surface area (Å²) in [4.78, 5) is 11.8. The Hall–Kier alpha value is -0.410. The zero-order valence-corrected chi connectivity index (χ0v) is 10.3. The topological polar surface area (TPSA) is 63.3 Å². The summed E-state index contributed by atoms with van der Waals surface area (Å²) < 4.78 is 0. The highest BCUT2D eigenvalue weighted by molar-refractivity contribution is 5.88. The van der Waals surface area contributed by atoms with Crippen molar-refractivity contribution in [2.24, 2.45) is 11.1 Å². The molecule has 0 radical (unpaired) electrons. The monoisotopic (exact) mass is 215 g/mol. The van der Waals surface area contributed by atoms with Gasteiger partial charge in [-0.25, -0.2) is 0 Å². The number of carbonyl (C=O) groups excluding carboxylic acids is 1. The summed E-state index contributed by atoms with van der Waals surface area (Å²) in [6.45, 7) is 5.74. The number of hydrogen-bond donors (Lipinski definition) is 2. The number of Topliss-reactive ketones (excluding diaryl/α,β-unsaturated/α-hetero) is 1. The number of unbranched alkanes of at least 4 members (excludes halogenated alkanes) is 3. The van der Waals surface area contributed by atoms with Gasteiger partial charge in [0.15, 0.2) is 5.78 Å². The highest BCUT2D eigenvalue weighted by Crippen LogP contribution is 2.26. The molecule has 0 spiro atoms. The quantitative estimate of drug-likeness (QED) is 0.608. The van der Waals surface area contributed by atoms with Gasteiger partial charge in [0.2, 0.25) is 0 Å². The lowest BCUT2D eigenvalue weighted by Gasteiger charge is -2.25. The molecule has 0 heterocycles. The largest absolute Gasteiger partial charge is 0.394 e. The Morgan fingerprint density at radius 3 is 2.40 bits per heavy atom. The number of nitrogens with two attached hydrogens (primary N) is 1. The van der Waals surface area contributed by atoms with E-state index in [1.807, 2.05) is 13.8 Å². The zero-order valence-electron chi connectivity index (χ0n) is 10.3. The van der Waals surface area contributed by atoms with Crippen molar-refractivity contribution in [1.82, 2.24) is 0 Å². The summed E-state index contributed by atoms with van der Waals surface area (Å²) in [5, 5.41) is 8.83. The third-order valence-corrected chi connectivity index (χ3v) is 2.86. The molecule has 0 aliphatic rings. The van der Waals surface area contributed by atoms with Crippen LogP contribution in [-0.4, -0.2) is 23.5 Å². The van der Waals surface area contributed by atoms with Gasteiger partial charge in [-0.15, -0.1) is 0 Å². The third-order valence-electron chi connectivity index (χ3n) is 2.86. The van der Waals surface area contributed by atoms with Crippen molar-refractivity contribution in [3.63, 3.8) is 0 Å². The van der Waals surface area contributed by atoms with Crippen molar-refractivity contribution in [3.05, 3.63) is 0 Å². The predicted octanol–water partition coefficient (Wildman–Crippen LogP) is 1.87. The van der Waals surface area contributed by atoms with Crippen LogP contribution in [0.5, 0.6) is 0 Å². The standard InChI is InChI=1S/C12H25NO2/c1-4-5-6-7-8-12(2,3)11(15)10(13)9-14/h10,14H,4-9,13H2,1-3H3. The first kappa shape index (κ1) is 14.6. The Kier molecular flexibility index (Phi) is 6.77. The van der Waals surface area contributed by atoms with E-state index in [0.29, 0.717) is 0 Å². The molecule has 1 unspecified atom stereocenters. The van der Waals surface area contributed by atoms with Crippen molar-refractivity contribution < 1.29 is 9.90 Å². The number of hydrogen-bond acceptors (Lipinski definition) is 3. The van der Waals surface area contributed by atoms with E-state index < -0.39 is 11.5 Å². The molecule has 0 fully saturated rings. The highest BCUT2D eigenvalue weighted by atomic mass is 16.3. The van der Waals surface area contributed by atoms with E-state index in [0.717, 1.165) is 12.8 Å². The summed E-state index contributed by atoms with van der Waals surface area (Å²) in [7, 11) is 0. The summed E-state index contributed by atoms with van der Waals surface area (Å²) >= 11 is 0. The first-order valence-corrected chi connectivity index (χ1v) is 5.86. The van der Waals surface area contributed by atoms with E-state index in [-0.39, 0.29) is 12.4 Å². The summed E-state index contributed by atoms with van der Waals surface area (Å²) in [6.07, 6.45) is 5.51. The van der Waals surface area contributed by atoms with Crippen LogP contribution in [0.15, 0.2) is 0 Å². The molecule has 0 rings (SSSR count). The fourth-order valence-corrected chi connectivity index (χ4v) is 1.70. The molecule has 0 saturated heterocycles. The lowest BCUT2D eigenvalue weighted by Crippen LogP contribution is -2.42. The second-order valence-corrected chi connectivity index (χ2v) is 4.85. The van der Waals surface area contributed by atoms with Crippen LogP contribution in [0.2, 0.25) is 0 Å². The first-order valence-electron chi connectivity index (χ1n) is 5.86. The molecule has 3 heteroatoms. The second-order valence-electron chi connectivity index (χ2n) is 4.85. The summed E-state index contributed by atoms with van der Waals surface area (Å²) in [5.41, 5.74) is 5.14. The van der Waals surface area contributed by atoms with Crippen LogP contribution in [0.4, 0.5) is 0 Å². The SMILES string of the molecule is CCCCCCC(C)(C)C(=O)C(N)CO.